The van der Waals surface area contributed by atoms with Gasteiger partial charge < -0.3 is 14.6 Å². The van der Waals surface area contributed by atoms with Gasteiger partial charge in [-0.25, -0.2) is 0 Å². The third-order valence-corrected chi connectivity index (χ3v) is 4.98. The van der Waals surface area contributed by atoms with Crippen LogP contribution in [0.1, 0.15) is 22.9 Å². The van der Waals surface area contributed by atoms with E-state index in [1.165, 1.54) is 42.7 Å². The molecular formula is C22H16N2O7. The minimum Gasteiger partial charge on any atom is -0.507 e. The van der Waals surface area contributed by atoms with E-state index in [9.17, 15) is 29.9 Å². The molecule has 2 heterocycles. The van der Waals surface area contributed by atoms with Crippen molar-refractivity contribution in [2.45, 2.75) is 13.0 Å². The largest absolute Gasteiger partial charge is 0.507 e. The van der Waals surface area contributed by atoms with Crippen molar-refractivity contribution >= 4 is 28.8 Å². The first kappa shape index (κ1) is 19.9. The minimum atomic E-state index is -1.18. The maximum atomic E-state index is 13.0. The number of aromatic hydroxyl groups is 1. The Morgan fingerprint density at radius 2 is 1.90 bits per heavy atom. The third-order valence-electron chi connectivity index (χ3n) is 4.98. The Morgan fingerprint density at radius 3 is 2.58 bits per heavy atom. The lowest BCUT2D eigenvalue weighted by molar-refractivity contribution is -0.384. The van der Waals surface area contributed by atoms with Gasteiger partial charge in [0.25, 0.3) is 17.4 Å². The van der Waals surface area contributed by atoms with Crippen LogP contribution in [-0.4, -0.2) is 26.8 Å². The summed E-state index contributed by atoms with van der Waals surface area (Å²) in [4.78, 5) is 37.4. The Balaban J connectivity index is 1.95. The number of hydrogen-bond acceptors (Lipinski definition) is 7. The smallest absolute Gasteiger partial charge is 0.300 e. The number of phenolic OH excluding ortho intramolecular Hbond substituents is 1. The fourth-order valence-corrected chi connectivity index (χ4v) is 3.55. The van der Waals surface area contributed by atoms with Gasteiger partial charge in [0.15, 0.2) is 0 Å². The van der Waals surface area contributed by atoms with Crippen molar-refractivity contribution in [3.8, 4) is 5.75 Å². The van der Waals surface area contributed by atoms with E-state index in [1.807, 2.05) is 0 Å². The quantitative estimate of drug-likeness (QED) is 0.215. The molecule has 1 fully saturated rings. The van der Waals surface area contributed by atoms with Crippen molar-refractivity contribution in [1.29, 1.82) is 0 Å². The number of carbonyl (C=O) groups is 2. The molecule has 156 valence electrons. The molecule has 9 heteroatoms. The number of amides is 1. The summed E-state index contributed by atoms with van der Waals surface area (Å²) in [7, 11) is 0. The van der Waals surface area contributed by atoms with Crippen LogP contribution in [0.15, 0.2) is 70.9 Å². The lowest BCUT2D eigenvalue weighted by Gasteiger charge is -2.24. The third kappa shape index (κ3) is 3.31. The van der Waals surface area contributed by atoms with Crippen molar-refractivity contribution in [3.63, 3.8) is 0 Å². The second-order valence-electron chi connectivity index (χ2n) is 6.98. The van der Waals surface area contributed by atoms with Crippen LogP contribution in [0, 0.1) is 17.0 Å². The molecule has 0 aliphatic carbocycles. The van der Waals surface area contributed by atoms with Gasteiger partial charge in [-0.1, -0.05) is 18.2 Å². The monoisotopic (exact) mass is 420 g/mol. The molecule has 0 spiro atoms. The minimum absolute atomic E-state index is 0.00257. The molecule has 3 aromatic rings. The Morgan fingerprint density at radius 1 is 1.13 bits per heavy atom. The molecule has 1 saturated heterocycles. The molecule has 2 N–H and O–H groups in total. The summed E-state index contributed by atoms with van der Waals surface area (Å²) in [5.74, 6) is -2.63. The van der Waals surface area contributed by atoms with Crippen LogP contribution in [0.2, 0.25) is 0 Å². The van der Waals surface area contributed by atoms with E-state index >= 15 is 0 Å². The number of phenols is 1. The number of benzene rings is 2. The summed E-state index contributed by atoms with van der Waals surface area (Å²) in [5.41, 5.74) is 0.205. The Labute approximate surface area is 175 Å². The average molecular weight is 420 g/mol. The van der Waals surface area contributed by atoms with Crippen molar-refractivity contribution in [2.24, 2.45) is 0 Å². The molecule has 1 amide bonds. The van der Waals surface area contributed by atoms with Crippen LogP contribution in [0.5, 0.6) is 5.75 Å². The van der Waals surface area contributed by atoms with E-state index in [2.05, 4.69) is 0 Å². The molecule has 9 nitrogen and oxygen atoms in total. The fourth-order valence-electron chi connectivity index (χ4n) is 3.55. The number of rotatable bonds is 4. The second-order valence-corrected chi connectivity index (χ2v) is 6.98. The number of ketones is 1. The number of Topliss-reactive ketones (excluding diaryl/α,β-unsaturated/α-hetero) is 1. The first-order valence-electron chi connectivity index (χ1n) is 9.18. The lowest BCUT2D eigenvalue weighted by atomic mass is 9.99. The molecule has 0 bridgehead atoms. The zero-order valence-electron chi connectivity index (χ0n) is 16.2. The highest BCUT2D eigenvalue weighted by Gasteiger charge is 2.49. The molecular weight excluding hydrogens is 404 g/mol. The zero-order valence-corrected chi connectivity index (χ0v) is 16.2. The van der Waals surface area contributed by atoms with Gasteiger partial charge in [0.05, 0.1) is 22.4 Å². The number of nitro benzene ring substituents is 1. The second kappa shape index (κ2) is 7.45. The van der Waals surface area contributed by atoms with E-state index in [0.29, 0.717) is 0 Å². The van der Waals surface area contributed by atoms with Crippen molar-refractivity contribution in [2.75, 3.05) is 4.90 Å². The first-order chi connectivity index (χ1) is 14.8. The predicted molar refractivity (Wildman–Crippen MR) is 109 cm³/mol. The predicted octanol–water partition coefficient (Wildman–Crippen LogP) is 3.83. The Kier molecular flexibility index (Phi) is 4.78. The van der Waals surface area contributed by atoms with Gasteiger partial charge in [0.2, 0.25) is 0 Å². The number of carbonyl (C=O) groups excluding carboxylic acids is 2. The Bertz CT molecular complexity index is 1240. The average Bonchev–Trinajstić information content (AvgIpc) is 3.37. The van der Waals surface area contributed by atoms with Gasteiger partial charge in [-0.2, -0.15) is 0 Å². The topological polar surface area (TPSA) is 134 Å². The zero-order chi connectivity index (χ0) is 22.3. The molecule has 1 aliphatic rings. The summed E-state index contributed by atoms with van der Waals surface area (Å²) in [6.45, 7) is 1.75. The highest BCUT2D eigenvalue weighted by Crippen LogP contribution is 2.45. The highest BCUT2D eigenvalue weighted by molar-refractivity contribution is 6.51. The number of aliphatic hydroxyl groups is 1. The van der Waals surface area contributed by atoms with Crippen molar-refractivity contribution in [3.05, 3.63) is 93.4 Å². The molecule has 0 radical (unpaired) electrons. The number of hydrogen-bond donors (Lipinski definition) is 2. The first-order valence-corrected chi connectivity index (χ1v) is 9.18. The number of furan rings is 1. The number of non-ortho nitro benzene ring substituents is 1. The van der Waals surface area contributed by atoms with Crippen LogP contribution in [0.3, 0.4) is 0 Å². The van der Waals surface area contributed by atoms with Gasteiger partial charge >= 0.3 is 0 Å². The molecule has 0 saturated carbocycles. The van der Waals surface area contributed by atoms with E-state index < -0.39 is 28.4 Å². The van der Waals surface area contributed by atoms with Crippen LogP contribution < -0.4 is 4.90 Å². The van der Waals surface area contributed by atoms with E-state index in [4.69, 9.17) is 4.42 Å². The van der Waals surface area contributed by atoms with Gasteiger partial charge in [-0.3, -0.25) is 24.6 Å². The number of nitrogens with zero attached hydrogens (tertiary/aromatic N) is 2. The fraction of sp³-hybridized carbons (Fsp3) is 0.0909. The summed E-state index contributed by atoms with van der Waals surface area (Å²) in [6.07, 6.45) is 1.35. The molecule has 2 aromatic carbocycles. The van der Waals surface area contributed by atoms with E-state index in [1.54, 1.807) is 19.1 Å². The SMILES string of the molecule is Cc1ccc(O)c(N2C(=O)C(=O)/C(=C(\O)c3cccc([N+](=O)[O-])c3)C2c2ccco2)c1. The van der Waals surface area contributed by atoms with E-state index in [0.717, 1.165) is 16.5 Å². The maximum Gasteiger partial charge on any atom is 0.300 e. The van der Waals surface area contributed by atoms with Crippen molar-refractivity contribution < 1.29 is 29.1 Å². The molecule has 1 unspecified atom stereocenters. The van der Waals surface area contributed by atoms with Gasteiger partial charge in [0, 0.05) is 17.7 Å². The van der Waals surface area contributed by atoms with Crippen LogP contribution in [-0.2, 0) is 9.59 Å². The summed E-state index contributed by atoms with van der Waals surface area (Å²) >= 11 is 0. The van der Waals surface area contributed by atoms with Gasteiger partial charge in [-0.15, -0.1) is 0 Å². The normalized spacial score (nSPS) is 17.8. The highest BCUT2D eigenvalue weighted by atomic mass is 16.6. The van der Waals surface area contributed by atoms with Crippen molar-refractivity contribution in [1.82, 2.24) is 0 Å². The van der Waals surface area contributed by atoms with Crippen LogP contribution >= 0.6 is 0 Å². The summed E-state index contributed by atoms with van der Waals surface area (Å²) in [6, 6.07) is 11.6. The molecule has 1 aromatic heterocycles. The molecule has 1 atom stereocenters. The molecule has 31 heavy (non-hydrogen) atoms. The maximum absolute atomic E-state index is 13.0. The molecule has 1 aliphatic heterocycles. The number of aliphatic hydroxyl groups excluding tert-OH is 1. The van der Waals surface area contributed by atoms with E-state index in [-0.39, 0.29) is 34.0 Å². The van der Waals surface area contributed by atoms with Crippen LogP contribution in [0.25, 0.3) is 5.76 Å². The van der Waals surface area contributed by atoms with Crippen LogP contribution in [0.4, 0.5) is 11.4 Å². The van der Waals surface area contributed by atoms with Gasteiger partial charge in [-0.05, 0) is 36.8 Å². The molecule has 4 rings (SSSR count). The van der Waals surface area contributed by atoms with Gasteiger partial charge in [0.1, 0.15) is 23.3 Å². The lowest BCUT2D eigenvalue weighted by Crippen LogP contribution is -2.29. The Hall–Kier alpha value is -4.40. The number of aryl methyl sites for hydroxylation is 1. The summed E-state index contributed by atoms with van der Waals surface area (Å²) in [5, 5.41) is 32.4. The number of anilines is 1. The standard InChI is InChI=1S/C22H16N2O7/c1-12-7-8-16(25)15(10-12)23-19(17-6-3-9-31-17)18(21(27)22(23)28)20(26)13-4-2-5-14(11-13)24(29)30/h2-11,19,25-26H,1H3/b20-18-. The summed E-state index contributed by atoms with van der Waals surface area (Å²) < 4.78 is 5.43. The number of nitro groups is 1.